The summed E-state index contributed by atoms with van der Waals surface area (Å²) >= 11 is 0. The van der Waals surface area contributed by atoms with E-state index in [1.54, 1.807) is 0 Å². The van der Waals surface area contributed by atoms with E-state index in [0.29, 0.717) is 6.54 Å². The Bertz CT molecular complexity index is 610. The maximum atomic E-state index is 11.5. The minimum Gasteiger partial charge on any atom is -0.445 e. The molecule has 0 aromatic heterocycles. The Morgan fingerprint density at radius 3 is 2.50 bits per heavy atom. The second-order valence-corrected chi connectivity index (χ2v) is 4.61. The van der Waals surface area contributed by atoms with E-state index in [1.807, 2.05) is 66.7 Å². The number of carbonyl (C=O) groups excluding carboxylic acids is 1. The number of carbonyl (C=O) groups is 1. The highest BCUT2D eigenvalue weighted by molar-refractivity contribution is 5.67. The summed E-state index contributed by atoms with van der Waals surface area (Å²) < 4.78 is 5.10. The molecule has 0 aliphatic rings. The van der Waals surface area contributed by atoms with Gasteiger partial charge in [0.1, 0.15) is 6.61 Å². The molecule has 2 aromatic carbocycles. The van der Waals surface area contributed by atoms with E-state index >= 15 is 0 Å². The van der Waals surface area contributed by atoms with Crippen LogP contribution in [-0.4, -0.2) is 12.6 Å². The van der Waals surface area contributed by atoms with Crippen molar-refractivity contribution in [2.45, 2.75) is 6.61 Å². The number of hydrogen-bond acceptors (Lipinski definition) is 4. The van der Waals surface area contributed by atoms with Gasteiger partial charge in [0.05, 0.1) is 0 Å². The second-order valence-electron chi connectivity index (χ2n) is 4.61. The molecule has 0 bridgehead atoms. The van der Waals surface area contributed by atoms with Gasteiger partial charge in [-0.1, -0.05) is 54.6 Å². The summed E-state index contributed by atoms with van der Waals surface area (Å²) in [5.41, 5.74) is 5.40. The molecular formula is C17H19N3O2. The molecular weight excluding hydrogens is 278 g/mol. The molecule has 0 radical (unpaired) electrons. The van der Waals surface area contributed by atoms with Crippen molar-refractivity contribution in [3.8, 4) is 0 Å². The molecule has 0 heterocycles. The average molecular weight is 297 g/mol. The monoisotopic (exact) mass is 297 g/mol. The highest BCUT2D eigenvalue weighted by Crippen LogP contribution is 2.09. The maximum Gasteiger partial charge on any atom is 0.407 e. The first kappa shape index (κ1) is 15.6. The molecule has 0 saturated carbocycles. The number of anilines is 1. The van der Waals surface area contributed by atoms with Crippen molar-refractivity contribution in [1.29, 1.82) is 0 Å². The fraction of sp³-hybridized carbons (Fsp3) is 0.118. The van der Waals surface area contributed by atoms with Crippen LogP contribution in [0, 0.1) is 0 Å². The second kappa shape index (κ2) is 8.49. The third kappa shape index (κ3) is 5.30. The highest BCUT2D eigenvalue weighted by Gasteiger charge is 2.00. The van der Waals surface area contributed by atoms with Gasteiger partial charge in [-0.15, -0.1) is 0 Å². The SMILES string of the molecule is NNc1ccc(C=CCNC(=O)OCc2ccccc2)cc1. The Kier molecular flexibility index (Phi) is 6.02. The van der Waals surface area contributed by atoms with Crippen LogP contribution in [0.4, 0.5) is 10.5 Å². The van der Waals surface area contributed by atoms with E-state index < -0.39 is 6.09 Å². The van der Waals surface area contributed by atoms with E-state index in [1.165, 1.54) is 0 Å². The molecule has 5 heteroatoms. The molecule has 5 nitrogen and oxygen atoms in total. The average Bonchev–Trinajstić information content (AvgIpc) is 2.58. The van der Waals surface area contributed by atoms with Crippen molar-refractivity contribution in [2.24, 2.45) is 5.84 Å². The normalized spacial score (nSPS) is 10.4. The van der Waals surface area contributed by atoms with Crippen LogP contribution in [0.25, 0.3) is 6.08 Å². The molecule has 4 N–H and O–H groups in total. The number of nitrogen functional groups attached to an aromatic ring is 1. The zero-order valence-corrected chi connectivity index (χ0v) is 12.2. The fourth-order valence-electron chi connectivity index (χ4n) is 1.80. The number of nitrogens with two attached hydrogens (primary N) is 1. The van der Waals surface area contributed by atoms with Gasteiger partial charge in [-0.25, -0.2) is 4.79 Å². The maximum absolute atomic E-state index is 11.5. The van der Waals surface area contributed by atoms with Crippen LogP contribution in [0.2, 0.25) is 0 Å². The number of alkyl carbamates (subject to hydrolysis) is 1. The minimum atomic E-state index is -0.434. The number of rotatable bonds is 6. The molecule has 0 fully saturated rings. The summed E-state index contributed by atoms with van der Waals surface area (Å²) in [6.07, 6.45) is 3.34. The summed E-state index contributed by atoms with van der Waals surface area (Å²) in [7, 11) is 0. The van der Waals surface area contributed by atoms with Gasteiger partial charge in [0, 0.05) is 12.2 Å². The minimum absolute atomic E-state index is 0.268. The molecule has 0 saturated heterocycles. The lowest BCUT2D eigenvalue weighted by molar-refractivity contribution is 0.141. The van der Waals surface area contributed by atoms with Crippen LogP contribution < -0.4 is 16.6 Å². The molecule has 22 heavy (non-hydrogen) atoms. The summed E-state index contributed by atoms with van der Waals surface area (Å²) in [5.74, 6) is 5.30. The number of hydrazine groups is 1. The van der Waals surface area contributed by atoms with Crippen LogP contribution in [-0.2, 0) is 11.3 Å². The molecule has 2 aromatic rings. The van der Waals surface area contributed by atoms with Crippen LogP contribution >= 0.6 is 0 Å². The van der Waals surface area contributed by atoms with Crippen molar-refractivity contribution in [1.82, 2.24) is 5.32 Å². The molecule has 114 valence electrons. The van der Waals surface area contributed by atoms with Crippen LogP contribution in [0.1, 0.15) is 11.1 Å². The number of ether oxygens (including phenoxy) is 1. The highest BCUT2D eigenvalue weighted by atomic mass is 16.5. The first-order valence-corrected chi connectivity index (χ1v) is 6.96. The van der Waals surface area contributed by atoms with Gasteiger partial charge >= 0.3 is 6.09 Å². The van der Waals surface area contributed by atoms with Gasteiger partial charge in [0.2, 0.25) is 0 Å². The molecule has 0 aliphatic heterocycles. The van der Waals surface area contributed by atoms with Crippen LogP contribution in [0.5, 0.6) is 0 Å². The summed E-state index contributed by atoms with van der Waals surface area (Å²) in [6.45, 7) is 0.675. The van der Waals surface area contributed by atoms with Crippen molar-refractivity contribution in [3.63, 3.8) is 0 Å². The summed E-state index contributed by atoms with van der Waals surface area (Å²) in [6, 6.07) is 17.2. The molecule has 1 amide bonds. The van der Waals surface area contributed by atoms with E-state index in [2.05, 4.69) is 10.7 Å². The van der Waals surface area contributed by atoms with E-state index in [4.69, 9.17) is 10.6 Å². The van der Waals surface area contributed by atoms with E-state index in [-0.39, 0.29) is 6.61 Å². The first-order chi connectivity index (χ1) is 10.8. The number of benzene rings is 2. The zero-order chi connectivity index (χ0) is 15.6. The molecule has 0 atom stereocenters. The summed E-state index contributed by atoms with van der Waals surface area (Å²) in [4.78, 5) is 11.5. The summed E-state index contributed by atoms with van der Waals surface area (Å²) in [5, 5.41) is 2.67. The standard InChI is InChI=1S/C17H19N3O2/c18-20-16-10-8-14(9-11-16)7-4-12-19-17(21)22-13-15-5-2-1-3-6-15/h1-11,20H,12-13,18H2,(H,19,21). The predicted octanol–water partition coefficient (Wildman–Crippen LogP) is 2.91. The third-order valence-electron chi connectivity index (χ3n) is 2.96. The number of amides is 1. The van der Waals surface area contributed by atoms with Gasteiger partial charge in [-0.3, -0.25) is 5.84 Å². The fourth-order valence-corrected chi connectivity index (χ4v) is 1.80. The quantitative estimate of drug-likeness (QED) is 0.566. The first-order valence-electron chi connectivity index (χ1n) is 6.96. The van der Waals surface area contributed by atoms with Crippen molar-refractivity contribution in [2.75, 3.05) is 12.0 Å². The Labute approximate surface area is 129 Å². The van der Waals surface area contributed by atoms with Gasteiger partial charge in [-0.2, -0.15) is 0 Å². The largest absolute Gasteiger partial charge is 0.445 e. The smallest absolute Gasteiger partial charge is 0.407 e. The van der Waals surface area contributed by atoms with Crippen molar-refractivity contribution < 1.29 is 9.53 Å². The number of hydrogen-bond donors (Lipinski definition) is 3. The molecule has 0 unspecified atom stereocenters. The third-order valence-corrected chi connectivity index (χ3v) is 2.96. The Morgan fingerprint density at radius 2 is 1.82 bits per heavy atom. The van der Waals surface area contributed by atoms with Crippen molar-refractivity contribution in [3.05, 3.63) is 71.8 Å². The lowest BCUT2D eigenvalue weighted by Gasteiger charge is -2.05. The molecule has 0 aliphatic carbocycles. The van der Waals surface area contributed by atoms with Gasteiger partial charge < -0.3 is 15.5 Å². The van der Waals surface area contributed by atoms with Crippen molar-refractivity contribution >= 4 is 17.9 Å². The Hall–Kier alpha value is -2.79. The predicted molar refractivity (Wildman–Crippen MR) is 87.9 cm³/mol. The van der Waals surface area contributed by atoms with Crippen LogP contribution in [0.15, 0.2) is 60.7 Å². The topological polar surface area (TPSA) is 76.4 Å². The lowest BCUT2D eigenvalue weighted by Crippen LogP contribution is -2.24. The molecule has 0 spiro atoms. The molecule has 2 rings (SSSR count). The Balaban J connectivity index is 1.68. The number of nitrogens with one attached hydrogen (secondary N) is 2. The van der Waals surface area contributed by atoms with Crippen LogP contribution in [0.3, 0.4) is 0 Å². The van der Waals surface area contributed by atoms with Gasteiger partial charge in [-0.05, 0) is 23.3 Å². The lowest BCUT2D eigenvalue weighted by atomic mass is 10.2. The van der Waals surface area contributed by atoms with E-state index in [0.717, 1.165) is 16.8 Å². The van der Waals surface area contributed by atoms with E-state index in [9.17, 15) is 4.79 Å². The van der Waals surface area contributed by atoms with Gasteiger partial charge in [0.15, 0.2) is 0 Å². The van der Waals surface area contributed by atoms with Gasteiger partial charge in [0.25, 0.3) is 0 Å². The Morgan fingerprint density at radius 1 is 1.09 bits per heavy atom. The zero-order valence-electron chi connectivity index (χ0n) is 12.2.